The van der Waals surface area contributed by atoms with Crippen molar-refractivity contribution in [2.75, 3.05) is 14.2 Å². The van der Waals surface area contributed by atoms with E-state index in [0.717, 1.165) is 6.07 Å². The number of methoxy groups -OCH3 is 2. The zero-order chi connectivity index (χ0) is 18.1. The first-order chi connectivity index (χ1) is 12.0. The summed E-state index contributed by atoms with van der Waals surface area (Å²) in [5.74, 6) is -0.783. The van der Waals surface area contributed by atoms with Crippen molar-refractivity contribution in [3.05, 3.63) is 47.0 Å². The maximum absolute atomic E-state index is 12.5. The van der Waals surface area contributed by atoms with Crippen molar-refractivity contribution in [3.8, 4) is 23.0 Å². The predicted molar refractivity (Wildman–Crippen MR) is 86.4 cm³/mol. The second-order valence-electron chi connectivity index (χ2n) is 5.48. The quantitative estimate of drug-likeness (QED) is 0.635. The summed E-state index contributed by atoms with van der Waals surface area (Å²) in [6.07, 6.45) is -1.03. The Morgan fingerprint density at radius 3 is 2.44 bits per heavy atom. The van der Waals surface area contributed by atoms with Gasteiger partial charge in [-0.2, -0.15) is 0 Å². The van der Waals surface area contributed by atoms with Gasteiger partial charge in [-0.3, -0.25) is 4.79 Å². The fourth-order valence-corrected chi connectivity index (χ4v) is 2.88. The van der Waals surface area contributed by atoms with Gasteiger partial charge in [0.05, 0.1) is 31.8 Å². The molecule has 0 spiro atoms. The summed E-state index contributed by atoms with van der Waals surface area (Å²) >= 11 is 0. The van der Waals surface area contributed by atoms with Gasteiger partial charge in [-0.25, -0.2) is 4.79 Å². The van der Waals surface area contributed by atoms with Crippen molar-refractivity contribution in [2.45, 2.75) is 12.5 Å². The van der Waals surface area contributed by atoms with E-state index in [9.17, 15) is 19.8 Å². The number of Topliss-reactive ketones (excluding diaryl/α,β-unsaturated/α-hetero) is 1. The summed E-state index contributed by atoms with van der Waals surface area (Å²) < 4.78 is 15.8. The van der Waals surface area contributed by atoms with Gasteiger partial charge < -0.3 is 24.4 Å². The highest BCUT2D eigenvalue weighted by Gasteiger charge is 2.38. The Morgan fingerprint density at radius 2 is 1.80 bits per heavy atom. The van der Waals surface area contributed by atoms with Crippen LogP contribution in [0.5, 0.6) is 23.0 Å². The molecule has 0 saturated carbocycles. The second-order valence-corrected chi connectivity index (χ2v) is 5.48. The number of fused-ring (bicyclic) bond motifs is 1. The lowest BCUT2D eigenvalue weighted by Gasteiger charge is -2.14. The van der Waals surface area contributed by atoms with Gasteiger partial charge in [-0.05, 0) is 24.3 Å². The van der Waals surface area contributed by atoms with Crippen LogP contribution in [0.15, 0.2) is 30.3 Å². The number of ketones is 1. The lowest BCUT2D eigenvalue weighted by molar-refractivity contribution is 0.0363. The van der Waals surface area contributed by atoms with E-state index in [1.54, 1.807) is 12.1 Å². The number of cyclic esters (lactones) is 1. The highest BCUT2D eigenvalue weighted by molar-refractivity contribution is 6.02. The van der Waals surface area contributed by atoms with Gasteiger partial charge in [0.1, 0.15) is 34.7 Å². The molecule has 1 unspecified atom stereocenters. The topological polar surface area (TPSA) is 102 Å². The molecule has 0 amide bonds. The Labute approximate surface area is 143 Å². The van der Waals surface area contributed by atoms with Crippen LogP contribution in [0.25, 0.3) is 0 Å². The summed E-state index contributed by atoms with van der Waals surface area (Å²) in [4.78, 5) is 24.7. The molecule has 1 atom stereocenters. The third-order valence-electron chi connectivity index (χ3n) is 4.04. The van der Waals surface area contributed by atoms with E-state index < -0.39 is 17.9 Å². The van der Waals surface area contributed by atoms with Crippen LogP contribution in [0.3, 0.4) is 0 Å². The summed E-state index contributed by atoms with van der Waals surface area (Å²) in [5, 5.41) is 19.2. The minimum Gasteiger partial charge on any atom is -0.508 e. The molecular formula is C18H16O7. The van der Waals surface area contributed by atoms with Gasteiger partial charge in [0.25, 0.3) is 0 Å². The molecule has 3 rings (SSSR count). The summed E-state index contributed by atoms with van der Waals surface area (Å²) in [5.41, 5.74) is 0.706. The molecule has 0 radical (unpaired) electrons. The van der Waals surface area contributed by atoms with Crippen molar-refractivity contribution in [1.29, 1.82) is 0 Å². The summed E-state index contributed by atoms with van der Waals surface area (Å²) in [6, 6.07) is 6.91. The molecule has 1 aliphatic heterocycles. The first kappa shape index (κ1) is 16.6. The van der Waals surface area contributed by atoms with Crippen molar-refractivity contribution in [3.63, 3.8) is 0 Å². The second kappa shape index (κ2) is 6.35. The Kier molecular flexibility index (Phi) is 4.22. The largest absolute Gasteiger partial charge is 0.508 e. The normalized spacial score (nSPS) is 15.4. The minimum atomic E-state index is -0.853. The Hall–Kier alpha value is -3.22. The van der Waals surface area contributed by atoms with Crippen molar-refractivity contribution >= 4 is 11.8 Å². The zero-order valence-corrected chi connectivity index (χ0v) is 13.6. The average Bonchev–Trinajstić information content (AvgIpc) is 2.90. The van der Waals surface area contributed by atoms with Crippen molar-refractivity contribution < 1.29 is 34.0 Å². The number of aromatic hydroxyl groups is 2. The first-order valence-corrected chi connectivity index (χ1v) is 7.47. The average molecular weight is 344 g/mol. The number of carbonyl (C=O) groups is 2. The van der Waals surface area contributed by atoms with Gasteiger partial charge in [0.2, 0.25) is 0 Å². The van der Waals surface area contributed by atoms with Crippen LogP contribution in [0.4, 0.5) is 0 Å². The van der Waals surface area contributed by atoms with Gasteiger partial charge in [0.15, 0.2) is 5.78 Å². The molecule has 2 aromatic carbocycles. The highest BCUT2D eigenvalue weighted by atomic mass is 16.6. The van der Waals surface area contributed by atoms with Crippen LogP contribution < -0.4 is 9.47 Å². The molecule has 2 N–H and O–H groups in total. The standard InChI is InChI=1S/C18H16O7/c1-23-13-5-6-14(24-2)17-16(13)15(25-18(17)22)8-12(21)10-4-3-9(19)7-11(10)20/h3-7,15,19-20H,8H2,1-2H3. The SMILES string of the molecule is COc1ccc(OC)c2c1C(=O)OC2CC(=O)c1ccc(O)cc1O. The maximum Gasteiger partial charge on any atom is 0.343 e. The lowest BCUT2D eigenvalue weighted by atomic mass is 9.96. The smallest absolute Gasteiger partial charge is 0.343 e. The third kappa shape index (κ3) is 2.84. The number of phenolic OH excluding ortho intramolecular Hbond substituents is 2. The summed E-state index contributed by atoms with van der Waals surface area (Å²) in [6.45, 7) is 0. The number of rotatable bonds is 5. The molecule has 0 aromatic heterocycles. The van der Waals surface area contributed by atoms with E-state index >= 15 is 0 Å². The molecule has 0 aliphatic carbocycles. The Balaban J connectivity index is 1.96. The number of phenols is 2. The van der Waals surface area contributed by atoms with Gasteiger partial charge in [-0.1, -0.05) is 0 Å². The molecule has 2 aromatic rings. The number of ether oxygens (including phenoxy) is 3. The molecule has 0 fully saturated rings. The van der Waals surface area contributed by atoms with Crippen LogP contribution in [-0.2, 0) is 4.74 Å². The molecule has 7 nitrogen and oxygen atoms in total. The van der Waals surface area contributed by atoms with Gasteiger partial charge in [-0.15, -0.1) is 0 Å². The third-order valence-corrected chi connectivity index (χ3v) is 4.04. The van der Waals surface area contributed by atoms with Crippen LogP contribution in [0.2, 0.25) is 0 Å². The Bertz CT molecular complexity index is 857. The number of benzene rings is 2. The van der Waals surface area contributed by atoms with E-state index in [4.69, 9.17) is 14.2 Å². The van der Waals surface area contributed by atoms with Gasteiger partial charge >= 0.3 is 5.97 Å². The minimum absolute atomic E-state index is 0.0316. The summed E-state index contributed by atoms with van der Waals surface area (Å²) in [7, 11) is 2.89. The number of esters is 1. The van der Waals surface area contributed by atoms with Crippen molar-refractivity contribution in [2.24, 2.45) is 0 Å². The number of carbonyl (C=O) groups excluding carboxylic acids is 2. The van der Waals surface area contributed by atoms with Crippen LogP contribution in [-0.4, -0.2) is 36.2 Å². The van der Waals surface area contributed by atoms with Crippen LogP contribution >= 0.6 is 0 Å². The molecule has 7 heteroatoms. The molecule has 1 heterocycles. The number of hydrogen-bond acceptors (Lipinski definition) is 7. The lowest BCUT2D eigenvalue weighted by Crippen LogP contribution is -2.08. The predicted octanol–water partition coefficient (Wildman–Crippen LogP) is 2.60. The van der Waals surface area contributed by atoms with E-state index in [2.05, 4.69) is 0 Å². The van der Waals surface area contributed by atoms with Crippen LogP contribution in [0, 0.1) is 0 Å². The van der Waals surface area contributed by atoms with Crippen molar-refractivity contribution in [1.82, 2.24) is 0 Å². The number of hydrogen-bond donors (Lipinski definition) is 2. The molecule has 1 aliphatic rings. The molecule has 130 valence electrons. The van der Waals surface area contributed by atoms with Crippen LogP contribution in [0.1, 0.15) is 38.8 Å². The van der Waals surface area contributed by atoms with E-state index in [-0.39, 0.29) is 29.0 Å². The van der Waals surface area contributed by atoms with E-state index in [0.29, 0.717) is 17.1 Å². The van der Waals surface area contributed by atoms with E-state index in [1.807, 2.05) is 0 Å². The molecule has 0 bridgehead atoms. The molecule has 25 heavy (non-hydrogen) atoms. The maximum atomic E-state index is 12.5. The fourth-order valence-electron chi connectivity index (χ4n) is 2.88. The molecule has 0 saturated heterocycles. The monoisotopic (exact) mass is 344 g/mol. The fraction of sp³-hybridized carbons (Fsp3) is 0.222. The molecular weight excluding hydrogens is 328 g/mol. The first-order valence-electron chi connectivity index (χ1n) is 7.47. The highest BCUT2D eigenvalue weighted by Crippen LogP contribution is 2.44. The Morgan fingerprint density at radius 1 is 1.12 bits per heavy atom. The van der Waals surface area contributed by atoms with E-state index in [1.165, 1.54) is 26.4 Å². The van der Waals surface area contributed by atoms with Gasteiger partial charge in [0, 0.05) is 6.07 Å². The zero-order valence-electron chi connectivity index (χ0n) is 13.6.